The van der Waals surface area contributed by atoms with E-state index in [0.29, 0.717) is 45.9 Å². The molecule has 33 heavy (non-hydrogen) atoms. The molecule has 1 atom stereocenters. The summed E-state index contributed by atoms with van der Waals surface area (Å²) in [6, 6.07) is 20.9. The van der Waals surface area contributed by atoms with Crippen molar-refractivity contribution in [3.63, 3.8) is 0 Å². The highest BCUT2D eigenvalue weighted by atomic mass is 35.5. The Kier molecular flexibility index (Phi) is 5.73. The van der Waals surface area contributed by atoms with E-state index in [1.54, 1.807) is 6.07 Å². The van der Waals surface area contributed by atoms with Crippen molar-refractivity contribution in [3.05, 3.63) is 105 Å². The maximum Gasteiger partial charge on any atom is 0.338 e. The number of benzene rings is 3. The number of ether oxygens (including phenoxy) is 1. The number of carbonyl (C=O) groups excluding carboxylic acids is 2. The van der Waals surface area contributed by atoms with Gasteiger partial charge in [-0.15, -0.1) is 0 Å². The van der Waals surface area contributed by atoms with Gasteiger partial charge in [-0.05, 0) is 59.9 Å². The molecule has 1 heterocycles. The predicted molar refractivity (Wildman–Crippen MR) is 131 cm³/mol. The zero-order valence-electron chi connectivity index (χ0n) is 18.0. The average Bonchev–Trinajstić information content (AvgIpc) is 3.13. The Hall–Kier alpha value is -3.08. The molecule has 6 heteroatoms. The van der Waals surface area contributed by atoms with E-state index < -0.39 is 5.97 Å². The van der Waals surface area contributed by atoms with Gasteiger partial charge in [0.1, 0.15) is 0 Å². The van der Waals surface area contributed by atoms with E-state index in [9.17, 15) is 9.59 Å². The quantitative estimate of drug-likeness (QED) is 0.307. The molecule has 1 aliphatic carbocycles. The molecular formula is C27H21Cl2NO3. The van der Waals surface area contributed by atoms with Gasteiger partial charge in [-0.2, -0.15) is 0 Å². The van der Waals surface area contributed by atoms with Gasteiger partial charge in [0, 0.05) is 39.7 Å². The van der Waals surface area contributed by atoms with Crippen molar-refractivity contribution < 1.29 is 14.3 Å². The summed E-state index contributed by atoms with van der Waals surface area (Å²) in [6.07, 6.45) is 1.05. The molecule has 0 bridgehead atoms. The molecule has 4 nitrogen and oxygen atoms in total. The fraction of sp³-hybridized carbons (Fsp3) is 0.185. The van der Waals surface area contributed by atoms with Crippen LogP contribution >= 0.6 is 23.2 Å². The number of carbonyl (C=O) groups is 2. The second kappa shape index (κ2) is 8.69. The number of esters is 1. The van der Waals surface area contributed by atoms with Gasteiger partial charge in [0.05, 0.1) is 18.2 Å². The van der Waals surface area contributed by atoms with Gasteiger partial charge in [-0.3, -0.25) is 4.79 Å². The SMILES string of the molecule is COC(=O)c1cccc2c1c1c(n2Cc2cccc(Cl)c2)CC(c2ccc(Cl)cc2)CC1=O. The Morgan fingerprint density at radius 2 is 1.76 bits per heavy atom. The molecule has 0 fully saturated rings. The Morgan fingerprint density at radius 1 is 1.00 bits per heavy atom. The monoisotopic (exact) mass is 477 g/mol. The van der Waals surface area contributed by atoms with E-state index in [1.165, 1.54) is 7.11 Å². The molecule has 0 saturated carbocycles. The van der Waals surface area contributed by atoms with Crippen LogP contribution in [0.15, 0.2) is 66.7 Å². The van der Waals surface area contributed by atoms with E-state index in [-0.39, 0.29) is 11.7 Å². The Morgan fingerprint density at radius 3 is 2.48 bits per heavy atom. The molecule has 1 aromatic heterocycles. The largest absolute Gasteiger partial charge is 0.465 e. The molecule has 0 N–H and O–H groups in total. The highest BCUT2D eigenvalue weighted by molar-refractivity contribution is 6.30. The highest BCUT2D eigenvalue weighted by Gasteiger charge is 2.33. The third-order valence-corrected chi connectivity index (χ3v) is 6.81. The Balaban J connectivity index is 1.71. The Labute approximate surface area is 201 Å². The molecule has 5 rings (SSSR count). The lowest BCUT2D eigenvalue weighted by atomic mass is 9.81. The number of fused-ring (bicyclic) bond motifs is 3. The van der Waals surface area contributed by atoms with Gasteiger partial charge in [0.2, 0.25) is 0 Å². The number of hydrogen-bond donors (Lipinski definition) is 0. The lowest BCUT2D eigenvalue weighted by molar-refractivity contribution is 0.0603. The van der Waals surface area contributed by atoms with Gasteiger partial charge < -0.3 is 9.30 Å². The van der Waals surface area contributed by atoms with Crippen LogP contribution in [0.25, 0.3) is 10.9 Å². The minimum atomic E-state index is -0.448. The Bertz CT molecular complexity index is 1390. The standard InChI is InChI=1S/C27H21Cl2NO3/c1-33-27(32)21-6-3-7-22-25(21)26-23(30(22)15-16-4-2-5-20(29)12-16)13-18(14-24(26)31)17-8-10-19(28)11-9-17/h2-12,18H,13-15H2,1H3. The molecule has 1 aliphatic rings. The van der Waals surface area contributed by atoms with Crippen molar-refractivity contribution in [2.24, 2.45) is 0 Å². The van der Waals surface area contributed by atoms with Crippen LogP contribution in [0.3, 0.4) is 0 Å². The van der Waals surface area contributed by atoms with Crippen LogP contribution in [-0.2, 0) is 17.7 Å². The fourth-order valence-corrected chi connectivity index (χ4v) is 5.18. The maximum atomic E-state index is 13.5. The summed E-state index contributed by atoms with van der Waals surface area (Å²) in [5, 5.41) is 1.99. The van der Waals surface area contributed by atoms with Crippen LogP contribution in [-0.4, -0.2) is 23.4 Å². The van der Waals surface area contributed by atoms with Crippen molar-refractivity contribution >= 4 is 45.9 Å². The van der Waals surface area contributed by atoms with Crippen molar-refractivity contribution in [1.82, 2.24) is 4.57 Å². The van der Waals surface area contributed by atoms with Crippen LogP contribution in [0.2, 0.25) is 10.0 Å². The van der Waals surface area contributed by atoms with Gasteiger partial charge in [0.15, 0.2) is 5.78 Å². The molecule has 0 aliphatic heterocycles. The topological polar surface area (TPSA) is 48.3 Å². The molecule has 166 valence electrons. The first-order valence-electron chi connectivity index (χ1n) is 10.7. The van der Waals surface area contributed by atoms with Gasteiger partial charge in [-0.25, -0.2) is 4.79 Å². The summed E-state index contributed by atoms with van der Waals surface area (Å²) < 4.78 is 7.17. The second-order valence-corrected chi connectivity index (χ2v) is 9.18. The van der Waals surface area contributed by atoms with Crippen LogP contribution in [0.1, 0.15) is 49.9 Å². The zero-order valence-corrected chi connectivity index (χ0v) is 19.5. The number of ketones is 1. The normalized spacial score (nSPS) is 15.5. The lowest BCUT2D eigenvalue weighted by Gasteiger charge is -2.24. The molecule has 0 spiro atoms. The summed E-state index contributed by atoms with van der Waals surface area (Å²) >= 11 is 12.3. The van der Waals surface area contributed by atoms with Crippen molar-refractivity contribution in [3.8, 4) is 0 Å². The van der Waals surface area contributed by atoms with Crippen molar-refractivity contribution in [1.29, 1.82) is 0 Å². The summed E-state index contributed by atoms with van der Waals surface area (Å²) in [6.45, 7) is 0.539. The first-order valence-corrected chi connectivity index (χ1v) is 11.5. The number of halogens is 2. The molecule has 3 aromatic carbocycles. The van der Waals surface area contributed by atoms with Crippen molar-refractivity contribution in [2.45, 2.75) is 25.3 Å². The molecule has 0 radical (unpaired) electrons. The van der Waals surface area contributed by atoms with E-state index >= 15 is 0 Å². The lowest BCUT2D eigenvalue weighted by Crippen LogP contribution is -2.21. The first-order chi connectivity index (χ1) is 16.0. The van der Waals surface area contributed by atoms with Crippen LogP contribution < -0.4 is 0 Å². The number of rotatable bonds is 4. The third kappa shape index (κ3) is 3.94. The average molecular weight is 478 g/mol. The van der Waals surface area contributed by atoms with Gasteiger partial charge in [-0.1, -0.05) is 53.5 Å². The van der Waals surface area contributed by atoms with E-state index in [1.807, 2.05) is 60.7 Å². The minimum absolute atomic E-state index is 0.0300. The molecule has 4 aromatic rings. The van der Waals surface area contributed by atoms with Crippen LogP contribution in [0.4, 0.5) is 0 Å². The maximum absolute atomic E-state index is 13.5. The van der Waals surface area contributed by atoms with E-state index in [4.69, 9.17) is 27.9 Å². The number of nitrogens with zero attached hydrogens (tertiary/aromatic N) is 1. The second-order valence-electron chi connectivity index (χ2n) is 8.31. The smallest absolute Gasteiger partial charge is 0.338 e. The van der Waals surface area contributed by atoms with Gasteiger partial charge >= 0.3 is 5.97 Å². The summed E-state index contributed by atoms with van der Waals surface area (Å²) in [5.74, 6) is -0.385. The predicted octanol–water partition coefficient (Wildman–Crippen LogP) is 6.70. The molecule has 1 unspecified atom stereocenters. The fourth-order valence-electron chi connectivity index (χ4n) is 4.85. The minimum Gasteiger partial charge on any atom is -0.465 e. The van der Waals surface area contributed by atoms with Crippen LogP contribution in [0, 0.1) is 0 Å². The zero-order chi connectivity index (χ0) is 23.1. The number of aromatic nitrogens is 1. The van der Waals surface area contributed by atoms with E-state index in [2.05, 4.69) is 4.57 Å². The highest BCUT2D eigenvalue weighted by Crippen LogP contribution is 2.40. The molecule has 0 saturated heterocycles. The van der Waals surface area contributed by atoms with Gasteiger partial charge in [0.25, 0.3) is 0 Å². The molecule has 0 amide bonds. The van der Waals surface area contributed by atoms with Crippen molar-refractivity contribution in [2.75, 3.05) is 7.11 Å². The van der Waals surface area contributed by atoms with E-state index in [0.717, 1.165) is 22.3 Å². The summed E-state index contributed by atoms with van der Waals surface area (Å²) in [7, 11) is 1.36. The molecular weight excluding hydrogens is 457 g/mol. The summed E-state index contributed by atoms with van der Waals surface area (Å²) in [5.41, 5.74) is 4.90. The third-order valence-electron chi connectivity index (χ3n) is 6.32. The number of hydrogen-bond acceptors (Lipinski definition) is 3. The number of Topliss-reactive ketones (excluding diaryl/α,β-unsaturated/α-hetero) is 1. The first kappa shape index (κ1) is 21.7. The summed E-state index contributed by atoms with van der Waals surface area (Å²) in [4.78, 5) is 26.1. The number of methoxy groups -OCH3 is 1. The van der Waals surface area contributed by atoms with Crippen LogP contribution in [0.5, 0.6) is 0 Å².